The largest absolute Gasteiger partial charge is 0.494 e. The number of nitrogens with one attached hydrogen (secondary N) is 1. The molecule has 1 N–H and O–H groups in total. The van der Waals surface area contributed by atoms with Crippen LogP contribution in [0.3, 0.4) is 0 Å². The maximum absolute atomic E-state index is 11.7. The normalized spacial score (nSPS) is 17.2. The van der Waals surface area contributed by atoms with Gasteiger partial charge in [0, 0.05) is 13.1 Å². The molecular formula is C12H11N5O3S. The van der Waals surface area contributed by atoms with Crippen molar-refractivity contribution in [2.45, 2.75) is 6.61 Å². The van der Waals surface area contributed by atoms with E-state index < -0.39 is 0 Å². The molecule has 0 saturated carbocycles. The molecular weight excluding hydrogens is 294 g/mol. The lowest BCUT2D eigenvalue weighted by Crippen LogP contribution is -2.19. The highest BCUT2D eigenvalue weighted by Gasteiger charge is 2.31. The summed E-state index contributed by atoms with van der Waals surface area (Å²) in [6.45, 7) is 0.180. The van der Waals surface area contributed by atoms with Crippen molar-refractivity contribution in [3.63, 3.8) is 0 Å². The summed E-state index contributed by atoms with van der Waals surface area (Å²) in [7, 11) is 1.56. The number of aromatic nitrogens is 4. The molecule has 0 unspecified atom stereocenters. The lowest BCUT2D eigenvalue weighted by molar-refractivity contribution is -0.123. The molecule has 1 amide bonds. The second-order valence-electron chi connectivity index (χ2n) is 4.54. The highest BCUT2D eigenvalue weighted by Crippen LogP contribution is 2.12. The lowest BCUT2D eigenvalue weighted by atomic mass is 10.2. The molecule has 2 aromatic heterocycles. The Hall–Kier alpha value is -2.55. The number of likely N-dealkylation sites (tertiary alicyclic amines) is 1. The zero-order valence-electron chi connectivity index (χ0n) is 11.1. The van der Waals surface area contributed by atoms with Gasteiger partial charge < -0.3 is 9.64 Å². The number of H-pyrrole nitrogens is 1. The number of Topliss-reactive ketones (excluding diaryl/α,β-unsaturated/α-hetero) is 1. The van der Waals surface area contributed by atoms with Gasteiger partial charge in [0.25, 0.3) is 11.7 Å². The number of hydrogen-bond donors (Lipinski definition) is 1. The van der Waals surface area contributed by atoms with Gasteiger partial charge >= 0.3 is 0 Å². The quantitative estimate of drug-likeness (QED) is 0.378. The maximum Gasteiger partial charge on any atom is 0.260 e. The second-order valence-corrected chi connectivity index (χ2v) is 4.95. The summed E-state index contributed by atoms with van der Waals surface area (Å²) < 4.78 is 7.35. The van der Waals surface area contributed by atoms with Crippen LogP contribution in [0.15, 0.2) is 24.2 Å². The van der Waals surface area contributed by atoms with Crippen LogP contribution >= 0.6 is 12.2 Å². The van der Waals surface area contributed by atoms with E-state index in [2.05, 4.69) is 15.1 Å². The van der Waals surface area contributed by atoms with E-state index in [0.29, 0.717) is 16.1 Å². The summed E-state index contributed by atoms with van der Waals surface area (Å²) in [5.74, 6) is -0.158. The Balaban J connectivity index is 1.76. The van der Waals surface area contributed by atoms with E-state index in [1.165, 1.54) is 17.5 Å². The van der Waals surface area contributed by atoms with Gasteiger partial charge in [0.2, 0.25) is 0 Å². The highest BCUT2D eigenvalue weighted by molar-refractivity contribution is 7.71. The summed E-state index contributed by atoms with van der Waals surface area (Å²) in [5, 5.41) is 2.82. The second kappa shape index (κ2) is 5.09. The van der Waals surface area contributed by atoms with Crippen LogP contribution in [0.2, 0.25) is 0 Å². The van der Waals surface area contributed by atoms with Crippen LogP contribution in [0.5, 0.6) is 0 Å². The average molecular weight is 305 g/mol. The van der Waals surface area contributed by atoms with Crippen molar-refractivity contribution in [2.24, 2.45) is 0 Å². The fourth-order valence-electron chi connectivity index (χ4n) is 1.97. The Kier molecular flexibility index (Phi) is 3.26. The Labute approximate surface area is 124 Å². The smallest absolute Gasteiger partial charge is 0.260 e. The monoisotopic (exact) mass is 305 g/mol. The Morgan fingerprint density at radius 2 is 2.33 bits per heavy atom. The zero-order chi connectivity index (χ0) is 15.0. The zero-order valence-corrected chi connectivity index (χ0v) is 11.9. The number of carbonyl (C=O) groups excluding carboxylic acids is 2. The van der Waals surface area contributed by atoms with Crippen LogP contribution in [-0.2, 0) is 20.9 Å². The first-order valence-electron chi connectivity index (χ1n) is 6.09. The third kappa shape index (κ3) is 2.42. The minimum Gasteiger partial charge on any atom is -0.494 e. The standard InChI is InChI=1S/C12H11N5O3S/c1-16-3-9(18)8(11(16)19)5-20-4-7-2-10(21)17-12(15-7)13-6-14-17/h2,5-6H,3-4H2,1H3,(H,13,14,15)/b8-5-. The number of aromatic amines is 1. The molecule has 8 nitrogen and oxygen atoms in total. The predicted molar refractivity (Wildman–Crippen MR) is 73.7 cm³/mol. The third-order valence-electron chi connectivity index (χ3n) is 3.01. The molecule has 1 aliphatic rings. The van der Waals surface area contributed by atoms with Gasteiger partial charge in [-0.1, -0.05) is 12.2 Å². The molecule has 1 fully saturated rings. The first-order chi connectivity index (χ1) is 10.1. The molecule has 3 rings (SSSR count). The molecule has 0 aromatic carbocycles. The summed E-state index contributed by atoms with van der Waals surface area (Å²) >= 11 is 5.17. The summed E-state index contributed by atoms with van der Waals surface area (Å²) in [5.41, 5.74) is 0.613. The van der Waals surface area contributed by atoms with E-state index in [9.17, 15) is 9.59 Å². The maximum atomic E-state index is 11.7. The van der Waals surface area contributed by atoms with Gasteiger partial charge in [0.15, 0.2) is 5.78 Å². The van der Waals surface area contributed by atoms with Gasteiger partial charge in [0.1, 0.15) is 23.1 Å². The van der Waals surface area contributed by atoms with E-state index in [0.717, 1.165) is 0 Å². The number of rotatable bonds is 3. The number of nitrogens with zero attached hydrogens (tertiary/aromatic N) is 4. The highest BCUT2D eigenvalue weighted by atomic mass is 32.1. The summed E-state index contributed by atoms with van der Waals surface area (Å²) in [6.07, 6.45) is 2.66. The molecule has 1 saturated heterocycles. The summed E-state index contributed by atoms with van der Waals surface area (Å²) in [4.78, 5) is 32.8. The Bertz CT molecular complexity index is 822. The van der Waals surface area contributed by atoms with Crippen LogP contribution in [0.25, 0.3) is 5.78 Å². The van der Waals surface area contributed by atoms with Gasteiger partial charge in [-0.05, 0) is 0 Å². The molecule has 0 aliphatic carbocycles. The molecule has 2 aromatic rings. The SMILES string of the molecule is CN1CC(=O)/C(=C/OCc2cc(=S)n3[nH]cnc3n2)C1=O. The average Bonchev–Trinajstić information content (AvgIpc) is 2.99. The van der Waals surface area contributed by atoms with Crippen LogP contribution in [-0.4, -0.2) is 49.8 Å². The first-order valence-corrected chi connectivity index (χ1v) is 6.49. The Morgan fingerprint density at radius 3 is 3.05 bits per heavy atom. The van der Waals surface area contributed by atoms with Crippen molar-refractivity contribution in [2.75, 3.05) is 13.6 Å². The van der Waals surface area contributed by atoms with E-state index in [1.807, 2.05) is 0 Å². The van der Waals surface area contributed by atoms with Gasteiger partial charge in [-0.15, -0.1) is 0 Å². The van der Waals surface area contributed by atoms with Crippen molar-refractivity contribution in [3.05, 3.63) is 34.6 Å². The lowest BCUT2D eigenvalue weighted by Gasteiger charge is -2.04. The van der Waals surface area contributed by atoms with E-state index in [-0.39, 0.29) is 30.4 Å². The fraction of sp³-hybridized carbons (Fsp3) is 0.250. The number of ether oxygens (including phenoxy) is 1. The first kappa shape index (κ1) is 13.4. The van der Waals surface area contributed by atoms with Gasteiger partial charge in [-0.25, -0.2) is 14.5 Å². The topological polar surface area (TPSA) is 92.6 Å². The Morgan fingerprint density at radius 1 is 1.52 bits per heavy atom. The molecule has 9 heteroatoms. The number of ketones is 1. The number of fused-ring (bicyclic) bond motifs is 1. The minimum atomic E-state index is -0.338. The molecule has 0 radical (unpaired) electrons. The van der Waals surface area contributed by atoms with Crippen molar-refractivity contribution < 1.29 is 14.3 Å². The molecule has 108 valence electrons. The van der Waals surface area contributed by atoms with Crippen molar-refractivity contribution in [3.8, 4) is 0 Å². The molecule has 0 bridgehead atoms. The number of likely N-dealkylation sites (N-methyl/N-ethyl adjacent to an activating group) is 1. The van der Waals surface area contributed by atoms with Crippen LogP contribution in [0.1, 0.15) is 5.69 Å². The van der Waals surface area contributed by atoms with Crippen LogP contribution < -0.4 is 0 Å². The van der Waals surface area contributed by atoms with E-state index in [1.54, 1.807) is 17.6 Å². The van der Waals surface area contributed by atoms with Crippen LogP contribution in [0.4, 0.5) is 0 Å². The number of carbonyl (C=O) groups is 2. The molecule has 21 heavy (non-hydrogen) atoms. The van der Waals surface area contributed by atoms with Crippen LogP contribution in [0, 0.1) is 4.64 Å². The fourth-order valence-corrected chi connectivity index (χ4v) is 2.24. The number of hydrogen-bond acceptors (Lipinski definition) is 6. The third-order valence-corrected chi connectivity index (χ3v) is 3.31. The van der Waals surface area contributed by atoms with Gasteiger partial charge in [0.05, 0.1) is 18.5 Å². The predicted octanol–water partition coefficient (Wildman–Crippen LogP) is 0.228. The van der Waals surface area contributed by atoms with Crippen molar-refractivity contribution in [1.29, 1.82) is 0 Å². The van der Waals surface area contributed by atoms with E-state index in [4.69, 9.17) is 17.0 Å². The molecule has 0 atom stereocenters. The summed E-state index contributed by atoms with van der Waals surface area (Å²) in [6, 6.07) is 1.66. The van der Waals surface area contributed by atoms with Crippen molar-refractivity contribution >= 4 is 29.7 Å². The van der Waals surface area contributed by atoms with Gasteiger partial charge in [-0.2, -0.15) is 0 Å². The van der Waals surface area contributed by atoms with Gasteiger partial charge in [-0.3, -0.25) is 14.7 Å². The van der Waals surface area contributed by atoms with E-state index >= 15 is 0 Å². The molecule has 3 heterocycles. The molecule has 1 aliphatic heterocycles. The van der Waals surface area contributed by atoms with Crippen molar-refractivity contribution in [1.82, 2.24) is 24.5 Å². The minimum absolute atomic E-state index is 0.0475. The molecule has 0 spiro atoms. The number of amides is 1.